The fourth-order valence-corrected chi connectivity index (χ4v) is 3.81. The van der Waals surface area contributed by atoms with E-state index in [0.717, 1.165) is 71.9 Å². The normalized spacial score (nSPS) is 17.0. The molecule has 3 aromatic rings. The van der Waals surface area contributed by atoms with Crippen LogP contribution in [0.25, 0.3) is 22.2 Å². The summed E-state index contributed by atoms with van der Waals surface area (Å²) in [7, 11) is 0. The number of β-amino-alcohol motifs (C(OH)–C–C–N with tert-alkyl or cyclic N) is 1. The van der Waals surface area contributed by atoms with Gasteiger partial charge >= 0.3 is 0 Å². The molecule has 4 rings (SSSR count). The van der Waals surface area contributed by atoms with Gasteiger partial charge in [0.1, 0.15) is 5.76 Å². The second kappa shape index (κ2) is 7.23. The molecule has 0 aliphatic carbocycles. The Kier molecular flexibility index (Phi) is 4.80. The number of nitrogens with one attached hydrogen (secondary N) is 1. The molecule has 2 aromatic heterocycles. The summed E-state index contributed by atoms with van der Waals surface area (Å²) < 4.78 is 10.9. The first-order chi connectivity index (χ1) is 12.7. The third-order valence-electron chi connectivity index (χ3n) is 5.13. The zero-order valence-electron chi connectivity index (χ0n) is 15.3. The third-order valence-corrected chi connectivity index (χ3v) is 5.13. The van der Waals surface area contributed by atoms with E-state index in [1.54, 1.807) is 0 Å². The molecule has 1 aromatic carbocycles. The average molecular weight is 355 g/mol. The van der Waals surface area contributed by atoms with Crippen LogP contribution in [-0.4, -0.2) is 53.0 Å². The molecule has 3 heterocycles. The van der Waals surface area contributed by atoms with Crippen LogP contribution < -0.4 is 0 Å². The van der Waals surface area contributed by atoms with Gasteiger partial charge < -0.3 is 19.4 Å². The van der Waals surface area contributed by atoms with Crippen LogP contribution in [0.1, 0.15) is 30.0 Å². The quantitative estimate of drug-likeness (QED) is 0.736. The molecule has 6 heteroatoms. The van der Waals surface area contributed by atoms with Crippen molar-refractivity contribution in [2.75, 3.05) is 32.8 Å². The maximum Gasteiger partial charge on any atom is 0.143 e. The molecule has 1 fully saturated rings. The first-order valence-electron chi connectivity index (χ1n) is 9.23. The summed E-state index contributed by atoms with van der Waals surface area (Å²) in [6.45, 7) is 7.71. The molecule has 0 radical (unpaired) electrons. The van der Waals surface area contributed by atoms with Crippen molar-refractivity contribution < 1.29 is 14.4 Å². The Bertz CT molecular complexity index is 893. The number of aromatic amines is 1. The van der Waals surface area contributed by atoms with Gasteiger partial charge in [0.25, 0.3) is 0 Å². The standard InChI is InChI=1S/C20H25N3O3/c1-3-15-18(13(2)26-22-15)20-19(14-6-4-5-7-16(14)21-20)17(24)12-23-8-10-25-11-9-23/h4-7,17,21,24H,3,8-12H2,1-2H3. The van der Waals surface area contributed by atoms with E-state index in [-0.39, 0.29) is 0 Å². The molecule has 0 bridgehead atoms. The zero-order chi connectivity index (χ0) is 18.1. The van der Waals surface area contributed by atoms with Gasteiger partial charge in [0.2, 0.25) is 0 Å². The summed E-state index contributed by atoms with van der Waals surface area (Å²) in [5.74, 6) is 0.772. The summed E-state index contributed by atoms with van der Waals surface area (Å²) >= 11 is 0. The second-order valence-electron chi connectivity index (χ2n) is 6.80. The molecule has 1 aliphatic rings. The Morgan fingerprint density at radius 1 is 1.27 bits per heavy atom. The lowest BCUT2D eigenvalue weighted by molar-refractivity contribution is 0.0147. The van der Waals surface area contributed by atoms with E-state index in [2.05, 4.69) is 28.0 Å². The van der Waals surface area contributed by atoms with Crippen molar-refractivity contribution in [2.45, 2.75) is 26.4 Å². The summed E-state index contributed by atoms with van der Waals surface area (Å²) in [6.07, 6.45) is 0.180. The summed E-state index contributed by atoms with van der Waals surface area (Å²) in [5, 5.41) is 16.4. The number of aromatic nitrogens is 2. The van der Waals surface area contributed by atoms with Crippen LogP contribution in [0.5, 0.6) is 0 Å². The van der Waals surface area contributed by atoms with E-state index in [1.165, 1.54) is 0 Å². The zero-order valence-corrected chi connectivity index (χ0v) is 15.3. The first-order valence-corrected chi connectivity index (χ1v) is 9.23. The van der Waals surface area contributed by atoms with Gasteiger partial charge in [-0.05, 0) is 19.4 Å². The van der Waals surface area contributed by atoms with Crippen molar-refractivity contribution in [3.8, 4) is 11.3 Å². The molecule has 0 spiro atoms. The van der Waals surface area contributed by atoms with Crippen LogP contribution in [0, 0.1) is 6.92 Å². The van der Waals surface area contributed by atoms with Crippen molar-refractivity contribution in [1.82, 2.24) is 15.0 Å². The number of para-hydroxylation sites is 1. The Morgan fingerprint density at radius 3 is 2.81 bits per heavy atom. The van der Waals surface area contributed by atoms with Crippen LogP contribution in [0.4, 0.5) is 0 Å². The van der Waals surface area contributed by atoms with Crippen LogP contribution in [0.3, 0.4) is 0 Å². The minimum atomic E-state index is -0.599. The predicted octanol–water partition coefficient (Wildman–Crippen LogP) is 3.06. The van der Waals surface area contributed by atoms with Gasteiger partial charge in [0.15, 0.2) is 0 Å². The third kappa shape index (κ3) is 3.05. The monoisotopic (exact) mass is 355 g/mol. The summed E-state index contributed by atoms with van der Waals surface area (Å²) in [4.78, 5) is 5.75. The lowest BCUT2D eigenvalue weighted by Crippen LogP contribution is -2.38. The SMILES string of the molecule is CCc1noc(C)c1-c1[nH]c2ccccc2c1C(O)CN1CCOCC1. The van der Waals surface area contributed by atoms with Crippen LogP contribution in [-0.2, 0) is 11.2 Å². The average Bonchev–Trinajstić information content (AvgIpc) is 3.22. The number of hydrogen-bond acceptors (Lipinski definition) is 5. The Hall–Kier alpha value is -2.15. The summed E-state index contributed by atoms with van der Waals surface area (Å²) in [5.41, 5.74) is 4.74. The highest BCUT2D eigenvalue weighted by atomic mass is 16.5. The number of aryl methyl sites for hydroxylation is 2. The van der Waals surface area contributed by atoms with Gasteiger partial charge in [-0.15, -0.1) is 0 Å². The number of benzene rings is 1. The molecule has 1 atom stereocenters. The van der Waals surface area contributed by atoms with Crippen LogP contribution in [0.15, 0.2) is 28.8 Å². The second-order valence-corrected chi connectivity index (χ2v) is 6.80. The van der Waals surface area contributed by atoms with Crippen LogP contribution in [0.2, 0.25) is 0 Å². The molecule has 26 heavy (non-hydrogen) atoms. The van der Waals surface area contributed by atoms with E-state index in [4.69, 9.17) is 9.26 Å². The number of aliphatic hydroxyl groups excluding tert-OH is 1. The molecular formula is C20H25N3O3. The number of aliphatic hydroxyl groups is 1. The first kappa shape index (κ1) is 17.3. The number of fused-ring (bicyclic) bond motifs is 1. The Morgan fingerprint density at radius 2 is 2.04 bits per heavy atom. The largest absolute Gasteiger partial charge is 0.387 e. The van der Waals surface area contributed by atoms with Gasteiger partial charge in [-0.2, -0.15) is 0 Å². The van der Waals surface area contributed by atoms with Crippen molar-refractivity contribution >= 4 is 10.9 Å². The van der Waals surface area contributed by atoms with E-state index >= 15 is 0 Å². The molecule has 138 valence electrons. The van der Waals surface area contributed by atoms with E-state index in [9.17, 15) is 5.11 Å². The predicted molar refractivity (Wildman–Crippen MR) is 100 cm³/mol. The number of ether oxygens (including phenoxy) is 1. The maximum atomic E-state index is 11.1. The smallest absolute Gasteiger partial charge is 0.143 e. The van der Waals surface area contributed by atoms with Gasteiger partial charge in [0, 0.05) is 36.1 Å². The van der Waals surface area contributed by atoms with Crippen molar-refractivity contribution in [3.05, 3.63) is 41.3 Å². The molecule has 1 aliphatic heterocycles. The van der Waals surface area contributed by atoms with Gasteiger partial charge in [0.05, 0.1) is 36.3 Å². The number of H-pyrrole nitrogens is 1. The van der Waals surface area contributed by atoms with Gasteiger partial charge in [-0.1, -0.05) is 30.3 Å². The van der Waals surface area contributed by atoms with Gasteiger partial charge in [-0.3, -0.25) is 4.90 Å². The molecule has 0 saturated carbocycles. The maximum absolute atomic E-state index is 11.1. The Balaban J connectivity index is 1.80. The molecule has 1 unspecified atom stereocenters. The van der Waals surface area contributed by atoms with E-state index in [0.29, 0.717) is 6.54 Å². The topological polar surface area (TPSA) is 74.5 Å². The Labute approximate surface area is 152 Å². The highest BCUT2D eigenvalue weighted by Crippen LogP contribution is 2.38. The fraction of sp³-hybridized carbons (Fsp3) is 0.450. The minimum Gasteiger partial charge on any atom is -0.387 e. The highest BCUT2D eigenvalue weighted by Gasteiger charge is 2.26. The number of hydrogen-bond donors (Lipinski definition) is 2. The molecular weight excluding hydrogens is 330 g/mol. The van der Waals surface area contributed by atoms with Crippen molar-refractivity contribution in [1.29, 1.82) is 0 Å². The lowest BCUT2D eigenvalue weighted by Gasteiger charge is -2.28. The van der Waals surface area contributed by atoms with E-state index < -0.39 is 6.10 Å². The van der Waals surface area contributed by atoms with Crippen LogP contribution >= 0.6 is 0 Å². The molecule has 0 amide bonds. The van der Waals surface area contributed by atoms with Gasteiger partial charge in [-0.25, -0.2) is 0 Å². The van der Waals surface area contributed by atoms with Crippen molar-refractivity contribution in [2.24, 2.45) is 0 Å². The molecule has 2 N–H and O–H groups in total. The lowest BCUT2D eigenvalue weighted by atomic mass is 9.98. The number of nitrogens with zero attached hydrogens (tertiary/aromatic N) is 2. The summed E-state index contributed by atoms with van der Waals surface area (Å²) in [6, 6.07) is 8.11. The molecule has 1 saturated heterocycles. The minimum absolute atomic E-state index is 0.587. The molecule has 6 nitrogen and oxygen atoms in total. The van der Waals surface area contributed by atoms with Crippen molar-refractivity contribution in [3.63, 3.8) is 0 Å². The number of morpholine rings is 1. The highest BCUT2D eigenvalue weighted by molar-refractivity contribution is 5.92. The number of rotatable bonds is 5. The van der Waals surface area contributed by atoms with E-state index in [1.807, 2.05) is 25.1 Å². The fourth-order valence-electron chi connectivity index (χ4n) is 3.81.